The largest absolute Gasteiger partial charge is 0.350 e. The Morgan fingerprint density at radius 3 is 2.88 bits per heavy atom. The molecule has 1 unspecified atom stereocenters. The first-order valence-electron chi connectivity index (χ1n) is 9.00. The first-order chi connectivity index (χ1) is 12.2. The van der Waals surface area contributed by atoms with Crippen molar-refractivity contribution in [3.8, 4) is 0 Å². The van der Waals surface area contributed by atoms with Crippen LogP contribution in [0.1, 0.15) is 53.1 Å². The zero-order valence-corrected chi connectivity index (χ0v) is 14.7. The fourth-order valence-electron chi connectivity index (χ4n) is 3.52. The highest BCUT2D eigenvalue weighted by Crippen LogP contribution is 2.41. The number of para-hydroxylation sites is 1. The average Bonchev–Trinajstić information content (AvgIpc) is 3.37. The van der Waals surface area contributed by atoms with E-state index in [1.54, 1.807) is 0 Å². The van der Waals surface area contributed by atoms with E-state index in [2.05, 4.69) is 41.3 Å². The molecule has 1 saturated carbocycles. The lowest BCUT2D eigenvalue weighted by molar-refractivity contribution is 0.0926. The van der Waals surface area contributed by atoms with Crippen LogP contribution >= 0.6 is 0 Å². The number of nitrogens with one attached hydrogen (secondary N) is 2. The molecule has 2 heterocycles. The van der Waals surface area contributed by atoms with Gasteiger partial charge in [0.1, 0.15) is 5.69 Å². The number of aryl methyl sites for hydroxylation is 2. The second-order valence-corrected chi connectivity index (χ2v) is 6.91. The molecule has 1 aliphatic carbocycles. The number of nitrogens with zero attached hydrogens (tertiary/aromatic N) is 1. The minimum Gasteiger partial charge on any atom is -0.350 e. The zero-order valence-electron chi connectivity index (χ0n) is 14.7. The van der Waals surface area contributed by atoms with Crippen molar-refractivity contribution in [3.05, 3.63) is 65.1 Å². The van der Waals surface area contributed by atoms with Crippen molar-refractivity contribution in [2.24, 2.45) is 5.92 Å². The van der Waals surface area contributed by atoms with Gasteiger partial charge in [-0.05, 0) is 55.4 Å². The number of carbonyl (C=O) groups excluding carboxylic acids is 1. The number of amides is 1. The number of rotatable bonds is 5. The quantitative estimate of drug-likeness (QED) is 0.731. The lowest BCUT2D eigenvalue weighted by Crippen LogP contribution is -2.31. The minimum absolute atomic E-state index is 0.00356. The highest BCUT2D eigenvalue weighted by atomic mass is 16.2. The first kappa shape index (κ1) is 15.9. The molecule has 4 rings (SSSR count). The van der Waals surface area contributed by atoms with Gasteiger partial charge in [-0.1, -0.05) is 31.2 Å². The molecule has 1 aromatic carbocycles. The molecular formula is C21H23N3O. The van der Waals surface area contributed by atoms with E-state index in [0.29, 0.717) is 11.6 Å². The standard InChI is InChI=1S/C21H23N3O/c1-3-14-8-5-11-22-19(14)20(15-9-10-15)24-21(25)17-12-16-7-4-6-13(2)18(16)23-17/h4-8,11-12,15,20,23H,3,9-10H2,1-2H3,(H,24,25). The maximum atomic E-state index is 12.9. The summed E-state index contributed by atoms with van der Waals surface area (Å²) in [7, 11) is 0. The van der Waals surface area contributed by atoms with Crippen LogP contribution in [-0.2, 0) is 6.42 Å². The molecule has 25 heavy (non-hydrogen) atoms. The summed E-state index contributed by atoms with van der Waals surface area (Å²) in [6.07, 6.45) is 5.04. The van der Waals surface area contributed by atoms with Gasteiger partial charge in [0.2, 0.25) is 0 Å². The zero-order chi connectivity index (χ0) is 17.4. The molecule has 1 aliphatic rings. The number of carbonyl (C=O) groups is 1. The normalized spacial score (nSPS) is 15.3. The molecule has 0 radical (unpaired) electrons. The van der Waals surface area contributed by atoms with Crippen LogP contribution in [0.5, 0.6) is 0 Å². The number of aromatic nitrogens is 2. The molecule has 1 atom stereocenters. The van der Waals surface area contributed by atoms with E-state index in [4.69, 9.17) is 0 Å². The average molecular weight is 333 g/mol. The molecule has 2 aromatic heterocycles. The van der Waals surface area contributed by atoms with Crippen molar-refractivity contribution in [2.75, 3.05) is 0 Å². The summed E-state index contributed by atoms with van der Waals surface area (Å²) >= 11 is 0. The van der Waals surface area contributed by atoms with Crippen molar-refractivity contribution >= 4 is 16.8 Å². The second kappa shape index (κ2) is 6.36. The number of pyridine rings is 1. The minimum atomic E-state index is -0.0554. The molecule has 3 aromatic rings. The van der Waals surface area contributed by atoms with Crippen molar-refractivity contribution in [1.29, 1.82) is 0 Å². The summed E-state index contributed by atoms with van der Waals surface area (Å²) in [6, 6.07) is 12.1. The lowest BCUT2D eigenvalue weighted by atomic mass is 10.0. The molecule has 1 fully saturated rings. The lowest BCUT2D eigenvalue weighted by Gasteiger charge is -2.20. The predicted octanol–water partition coefficient (Wildman–Crippen LogP) is 4.31. The van der Waals surface area contributed by atoms with E-state index in [9.17, 15) is 4.79 Å². The number of aromatic amines is 1. The number of hydrogen-bond acceptors (Lipinski definition) is 2. The molecule has 128 valence electrons. The highest BCUT2D eigenvalue weighted by Gasteiger charge is 2.35. The van der Waals surface area contributed by atoms with Gasteiger partial charge in [-0.2, -0.15) is 0 Å². The van der Waals surface area contributed by atoms with Crippen LogP contribution in [0, 0.1) is 12.8 Å². The molecule has 2 N–H and O–H groups in total. The number of benzene rings is 1. The van der Waals surface area contributed by atoms with Gasteiger partial charge < -0.3 is 10.3 Å². The molecule has 0 bridgehead atoms. The number of hydrogen-bond donors (Lipinski definition) is 2. The summed E-state index contributed by atoms with van der Waals surface area (Å²) in [5.74, 6) is 0.440. The van der Waals surface area contributed by atoms with Gasteiger partial charge in [-0.25, -0.2) is 0 Å². The Labute approximate surface area is 147 Å². The summed E-state index contributed by atoms with van der Waals surface area (Å²) in [5, 5.41) is 4.30. The SMILES string of the molecule is CCc1cccnc1C(NC(=O)c1cc2cccc(C)c2[nH]1)C1CC1. The third kappa shape index (κ3) is 3.04. The third-order valence-corrected chi connectivity index (χ3v) is 5.09. The predicted molar refractivity (Wildman–Crippen MR) is 99.6 cm³/mol. The van der Waals surface area contributed by atoms with E-state index in [1.807, 2.05) is 30.5 Å². The molecular weight excluding hydrogens is 310 g/mol. The Morgan fingerprint density at radius 1 is 1.32 bits per heavy atom. The fraction of sp³-hybridized carbons (Fsp3) is 0.333. The molecule has 1 amide bonds. The van der Waals surface area contributed by atoms with Gasteiger partial charge >= 0.3 is 0 Å². The summed E-state index contributed by atoms with van der Waals surface area (Å²) in [6.45, 7) is 4.18. The van der Waals surface area contributed by atoms with Crippen LogP contribution in [0.4, 0.5) is 0 Å². The van der Waals surface area contributed by atoms with Crippen molar-refractivity contribution < 1.29 is 4.79 Å². The van der Waals surface area contributed by atoms with Crippen molar-refractivity contribution in [3.63, 3.8) is 0 Å². The van der Waals surface area contributed by atoms with Gasteiger partial charge in [0.05, 0.1) is 11.7 Å². The van der Waals surface area contributed by atoms with Crippen molar-refractivity contribution in [2.45, 2.75) is 39.2 Å². The van der Waals surface area contributed by atoms with Gasteiger partial charge in [0, 0.05) is 17.1 Å². The number of H-pyrrole nitrogens is 1. The van der Waals surface area contributed by atoms with Crippen LogP contribution in [-0.4, -0.2) is 15.9 Å². The number of fused-ring (bicyclic) bond motifs is 1. The smallest absolute Gasteiger partial charge is 0.268 e. The molecule has 4 heteroatoms. The Bertz CT molecular complexity index is 924. The first-order valence-corrected chi connectivity index (χ1v) is 9.00. The van der Waals surface area contributed by atoms with E-state index < -0.39 is 0 Å². The van der Waals surface area contributed by atoms with Gasteiger partial charge in [-0.3, -0.25) is 9.78 Å². The van der Waals surface area contributed by atoms with Gasteiger partial charge in [0.15, 0.2) is 0 Å². The highest BCUT2D eigenvalue weighted by molar-refractivity contribution is 5.98. The fourth-order valence-corrected chi connectivity index (χ4v) is 3.52. The Morgan fingerprint density at radius 2 is 2.16 bits per heavy atom. The van der Waals surface area contributed by atoms with Crippen LogP contribution in [0.25, 0.3) is 10.9 Å². The van der Waals surface area contributed by atoms with Crippen molar-refractivity contribution in [1.82, 2.24) is 15.3 Å². The third-order valence-electron chi connectivity index (χ3n) is 5.09. The molecule has 0 saturated heterocycles. The Balaban J connectivity index is 1.63. The van der Waals surface area contributed by atoms with Crippen LogP contribution in [0.3, 0.4) is 0 Å². The summed E-state index contributed by atoms with van der Waals surface area (Å²) < 4.78 is 0. The summed E-state index contributed by atoms with van der Waals surface area (Å²) in [4.78, 5) is 20.7. The van der Waals surface area contributed by atoms with Crippen LogP contribution in [0.2, 0.25) is 0 Å². The second-order valence-electron chi connectivity index (χ2n) is 6.91. The van der Waals surface area contributed by atoms with E-state index in [-0.39, 0.29) is 11.9 Å². The molecule has 0 aliphatic heterocycles. The van der Waals surface area contributed by atoms with E-state index >= 15 is 0 Å². The Hall–Kier alpha value is -2.62. The van der Waals surface area contributed by atoms with Crippen LogP contribution in [0.15, 0.2) is 42.6 Å². The molecule has 0 spiro atoms. The maximum Gasteiger partial charge on any atom is 0.268 e. The van der Waals surface area contributed by atoms with Crippen LogP contribution < -0.4 is 5.32 Å². The molecule has 4 nitrogen and oxygen atoms in total. The maximum absolute atomic E-state index is 12.9. The van der Waals surface area contributed by atoms with Gasteiger partial charge in [0.25, 0.3) is 5.91 Å². The van der Waals surface area contributed by atoms with Gasteiger partial charge in [-0.15, -0.1) is 0 Å². The van der Waals surface area contributed by atoms with E-state index in [1.165, 1.54) is 5.56 Å². The Kier molecular flexibility index (Phi) is 4.04. The summed E-state index contributed by atoms with van der Waals surface area (Å²) in [5.41, 5.74) is 5.03. The monoisotopic (exact) mass is 333 g/mol. The topological polar surface area (TPSA) is 57.8 Å². The van der Waals surface area contributed by atoms with E-state index in [0.717, 1.165) is 41.4 Å².